The summed E-state index contributed by atoms with van der Waals surface area (Å²) in [7, 11) is 1.80. The number of likely N-dealkylation sites (tertiary alicyclic amines) is 1. The predicted molar refractivity (Wildman–Crippen MR) is 91.6 cm³/mol. The maximum atomic E-state index is 13.0. The summed E-state index contributed by atoms with van der Waals surface area (Å²) >= 11 is 0. The number of hydrogen-bond donors (Lipinski definition) is 1. The number of nitrogens with zero attached hydrogens (tertiary/aromatic N) is 2. The average molecular weight is 327 g/mol. The van der Waals surface area contributed by atoms with Crippen molar-refractivity contribution in [1.29, 1.82) is 0 Å². The lowest BCUT2D eigenvalue weighted by Crippen LogP contribution is -2.50. The van der Waals surface area contributed by atoms with Gasteiger partial charge in [0.1, 0.15) is 6.04 Å². The Balaban J connectivity index is 1.55. The molecule has 1 aromatic carbocycles. The molecule has 0 bridgehead atoms. The predicted octanol–water partition coefficient (Wildman–Crippen LogP) is 2.47. The monoisotopic (exact) mass is 327 g/mol. The maximum Gasteiger partial charge on any atom is 0.318 e. The lowest BCUT2D eigenvalue weighted by molar-refractivity contribution is -0.128. The maximum absolute atomic E-state index is 13.0. The van der Waals surface area contributed by atoms with Gasteiger partial charge < -0.3 is 15.1 Å². The minimum Gasteiger partial charge on any atom is -0.344 e. The van der Waals surface area contributed by atoms with Gasteiger partial charge in [-0.05, 0) is 49.7 Å². The van der Waals surface area contributed by atoms with Crippen LogP contribution in [0.15, 0.2) is 24.3 Å². The number of fused-ring (bicyclic) bond motifs is 1. The third-order valence-electron chi connectivity index (χ3n) is 5.57. The molecule has 128 valence electrons. The van der Waals surface area contributed by atoms with Gasteiger partial charge in [0.2, 0.25) is 5.91 Å². The summed E-state index contributed by atoms with van der Waals surface area (Å²) in [5.41, 5.74) is 2.66. The van der Waals surface area contributed by atoms with Crippen LogP contribution in [0.4, 0.5) is 4.79 Å². The van der Waals surface area contributed by atoms with Gasteiger partial charge >= 0.3 is 6.03 Å². The van der Waals surface area contributed by atoms with Crippen molar-refractivity contribution < 1.29 is 9.59 Å². The van der Waals surface area contributed by atoms with Crippen molar-refractivity contribution in [1.82, 2.24) is 15.1 Å². The van der Waals surface area contributed by atoms with E-state index >= 15 is 0 Å². The molecule has 4 rings (SSSR count). The quantitative estimate of drug-likeness (QED) is 0.927. The molecule has 2 atom stereocenters. The third kappa shape index (κ3) is 2.76. The second-order valence-electron chi connectivity index (χ2n) is 7.30. The normalized spacial score (nSPS) is 26.2. The van der Waals surface area contributed by atoms with Gasteiger partial charge in [0.05, 0.1) is 6.04 Å². The highest BCUT2D eigenvalue weighted by molar-refractivity contribution is 5.88. The highest BCUT2D eigenvalue weighted by Gasteiger charge is 2.41. The summed E-state index contributed by atoms with van der Waals surface area (Å²) in [6.07, 6.45) is 6.08. The molecule has 0 radical (unpaired) electrons. The fourth-order valence-corrected chi connectivity index (χ4v) is 4.11. The van der Waals surface area contributed by atoms with Gasteiger partial charge in [0, 0.05) is 19.6 Å². The first-order valence-corrected chi connectivity index (χ1v) is 9.07. The topological polar surface area (TPSA) is 52.7 Å². The van der Waals surface area contributed by atoms with Crippen molar-refractivity contribution in [3.05, 3.63) is 35.4 Å². The second kappa shape index (κ2) is 6.11. The highest BCUT2D eigenvalue weighted by Crippen LogP contribution is 2.40. The number of hydrogen-bond acceptors (Lipinski definition) is 2. The number of benzene rings is 1. The summed E-state index contributed by atoms with van der Waals surface area (Å²) in [5.74, 6) is 0.0307. The van der Waals surface area contributed by atoms with Gasteiger partial charge in [0.25, 0.3) is 0 Å². The number of aryl methyl sites for hydroxylation is 1. The van der Waals surface area contributed by atoms with E-state index in [-0.39, 0.29) is 24.0 Å². The lowest BCUT2D eigenvalue weighted by atomic mass is 9.87. The average Bonchev–Trinajstić information content (AvgIpc) is 3.38. The van der Waals surface area contributed by atoms with Crippen LogP contribution in [0.1, 0.15) is 49.3 Å². The van der Waals surface area contributed by atoms with Crippen LogP contribution in [-0.4, -0.2) is 47.4 Å². The molecular weight excluding hydrogens is 302 g/mol. The van der Waals surface area contributed by atoms with Crippen LogP contribution >= 0.6 is 0 Å². The molecule has 0 spiro atoms. The number of amides is 3. The van der Waals surface area contributed by atoms with Crippen molar-refractivity contribution in [3.63, 3.8) is 0 Å². The van der Waals surface area contributed by atoms with Crippen LogP contribution < -0.4 is 5.32 Å². The SMILES string of the molecule is CN1CC[C@@H](NC(=O)N(C2CC2)[C@@H]2CCCc3ccccc32)C1=O. The molecule has 0 aromatic heterocycles. The van der Waals surface area contributed by atoms with Gasteiger partial charge in [-0.2, -0.15) is 0 Å². The number of carbonyl (C=O) groups excluding carboxylic acids is 2. The van der Waals surface area contributed by atoms with E-state index in [4.69, 9.17) is 0 Å². The summed E-state index contributed by atoms with van der Waals surface area (Å²) in [6.45, 7) is 0.722. The van der Waals surface area contributed by atoms with Crippen LogP contribution in [0.5, 0.6) is 0 Å². The van der Waals surface area contributed by atoms with E-state index in [2.05, 4.69) is 29.6 Å². The number of carbonyl (C=O) groups is 2. The first kappa shape index (κ1) is 15.5. The van der Waals surface area contributed by atoms with Crippen LogP contribution in [0.2, 0.25) is 0 Å². The molecule has 2 aliphatic carbocycles. The van der Waals surface area contributed by atoms with Gasteiger partial charge in [-0.15, -0.1) is 0 Å². The Kier molecular flexibility index (Phi) is 3.94. The molecule has 1 N–H and O–H groups in total. The van der Waals surface area contributed by atoms with Gasteiger partial charge in [0.15, 0.2) is 0 Å². The van der Waals surface area contributed by atoms with Gasteiger partial charge in [-0.25, -0.2) is 4.79 Å². The molecule has 24 heavy (non-hydrogen) atoms. The van der Waals surface area contributed by atoms with Crippen LogP contribution in [0.3, 0.4) is 0 Å². The second-order valence-corrected chi connectivity index (χ2v) is 7.30. The molecule has 1 saturated heterocycles. The Morgan fingerprint density at radius 1 is 1.21 bits per heavy atom. The summed E-state index contributed by atoms with van der Waals surface area (Å²) < 4.78 is 0. The lowest BCUT2D eigenvalue weighted by Gasteiger charge is -2.36. The summed E-state index contributed by atoms with van der Waals surface area (Å²) in [5, 5.41) is 3.00. The third-order valence-corrected chi connectivity index (χ3v) is 5.57. The van der Waals surface area contributed by atoms with Crippen LogP contribution in [-0.2, 0) is 11.2 Å². The largest absolute Gasteiger partial charge is 0.344 e. The molecule has 2 fully saturated rings. The molecule has 1 heterocycles. The highest BCUT2D eigenvalue weighted by atomic mass is 16.2. The zero-order valence-electron chi connectivity index (χ0n) is 14.2. The van der Waals surface area contributed by atoms with Crippen LogP contribution in [0, 0.1) is 0 Å². The Hall–Kier alpha value is -2.04. The molecule has 3 aliphatic rings. The fraction of sp³-hybridized carbons (Fsp3) is 0.579. The van der Waals surface area contributed by atoms with E-state index in [1.54, 1.807) is 11.9 Å². The van der Waals surface area contributed by atoms with E-state index in [0.29, 0.717) is 12.5 Å². The van der Waals surface area contributed by atoms with Crippen molar-refractivity contribution in [2.75, 3.05) is 13.6 Å². The van der Waals surface area contributed by atoms with E-state index in [9.17, 15) is 9.59 Å². The van der Waals surface area contributed by atoms with E-state index in [0.717, 1.165) is 38.6 Å². The molecule has 0 unspecified atom stereocenters. The first-order chi connectivity index (χ1) is 11.6. The van der Waals surface area contributed by atoms with E-state index in [1.165, 1.54) is 11.1 Å². The Bertz CT molecular complexity index is 656. The number of rotatable bonds is 3. The molecule has 3 amide bonds. The van der Waals surface area contributed by atoms with Crippen molar-refractivity contribution in [2.24, 2.45) is 0 Å². The van der Waals surface area contributed by atoms with Gasteiger partial charge in [-0.3, -0.25) is 4.79 Å². The fourth-order valence-electron chi connectivity index (χ4n) is 4.11. The Labute approximate surface area is 143 Å². The van der Waals surface area contributed by atoms with E-state index < -0.39 is 0 Å². The first-order valence-electron chi connectivity index (χ1n) is 9.07. The van der Waals surface area contributed by atoms with Crippen LogP contribution in [0.25, 0.3) is 0 Å². The smallest absolute Gasteiger partial charge is 0.318 e. The minimum atomic E-state index is -0.359. The number of urea groups is 1. The molecule has 5 nitrogen and oxygen atoms in total. The number of nitrogens with one attached hydrogen (secondary N) is 1. The Morgan fingerprint density at radius 2 is 2.00 bits per heavy atom. The van der Waals surface area contributed by atoms with Crippen molar-refractivity contribution in [2.45, 2.75) is 56.7 Å². The molecule has 5 heteroatoms. The van der Waals surface area contributed by atoms with Gasteiger partial charge in [-0.1, -0.05) is 24.3 Å². The molecule has 1 aliphatic heterocycles. The molecular formula is C19H25N3O2. The zero-order valence-corrected chi connectivity index (χ0v) is 14.2. The van der Waals surface area contributed by atoms with E-state index in [1.807, 2.05) is 4.90 Å². The summed E-state index contributed by atoms with van der Waals surface area (Å²) in [4.78, 5) is 28.8. The summed E-state index contributed by atoms with van der Waals surface area (Å²) in [6, 6.07) is 8.55. The Morgan fingerprint density at radius 3 is 2.71 bits per heavy atom. The minimum absolute atomic E-state index is 0.0307. The number of likely N-dealkylation sites (N-methyl/N-ethyl adjacent to an activating group) is 1. The molecule has 1 saturated carbocycles. The zero-order chi connectivity index (χ0) is 16.7. The molecule has 1 aromatic rings. The van der Waals surface area contributed by atoms with Crippen molar-refractivity contribution in [3.8, 4) is 0 Å². The standard InChI is InChI=1S/C19H25N3O2/c1-21-12-11-16(18(21)23)20-19(24)22(14-9-10-14)17-8-4-6-13-5-2-3-7-15(13)17/h2-3,5,7,14,16-17H,4,6,8-12H2,1H3,(H,20,24)/t16-,17-/m1/s1. The van der Waals surface area contributed by atoms with Crippen molar-refractivity contribution >= 4 is 11.9 Å².